The maximum Gasteiger partial charge on any atom is 0.223 e. The van der Waals surface area contributed by atoms with Gasteiger partial charge < -0.3 is 14.4 Å². The van der Waals surface area contributed by atoms with Gasteiger partial charge in [0.2, 0.25) is 5.91 Å². The van der Waals surface area contributed by atoms with Crippen LogP contribution >= 0.6 is 11.8 Å². The van der Waals surface area contributed by atoms with Gasteiger partial charge in [-0.2, -0.15) is 0 Å². The Morgan fingerprint density at radius 1 is 1.25 bits per heavy atom. The zero-order valence-corrected chi connectivity index (χ0v) is 15.0. The van der Waals surface area contributed by atoms with Crippen molar-refractivity contribution >= 4 is 17.7 Å². The number of halogens is 1. The highest BCUT2D eigenvalue weighted by atomic mass is 32.2. The second-order valence-electron chi connectivity index (χ2n) is 5.94. The van der Waals surface area contributed by atoms with Crippen molar-refractivity contribution < 1.29 is 18.7 Å². The third-order valence-corrected chi connectivity index (χ3v) is 5.16. The second-order valence-corrected chi connectivity index (χ2v) is 7.11. The van der Waals surface area contributed by atoms with E-state index in [4.69, 9.17) is 9.47 Å². The van der Waals surface area contributed by atoms with Crippen molar-refractivity contribution in [2.75, 3.05) is 45.8 Å². The fourth-order valence-corrected chi connectivity index (χ4v) is 3.53. The van der Waals surface area contributed by atoms with Crippen LogP contribution in [0.4, 0.5) is 4.39 Å². The summed E-state index contributed by atoms with van der Waals surface area (Å²) < 4.78 is 23.4. The summed E-state index contributed by atoms with van der Waals surface area (Å²) in [4.78, 5) is 15.2. The quantitative estimate of drug-likeness (QED) is 0.504. The van der Waals surface area contributed by atoms with Crippen molar-refractivity contribution in [1.29, 1.82) is 0 Å². The molecule has 24 heavy (non-hydrogen) atoms. The van der Waals surface area contributed by atoms with Gasteiger partial charge in [0.1, 0.15) is 5.82 Å². The highest BCUT2D eigenvalue weighted by molar-refractivity contribution is 7.99. The molecule has 1 heterocycles. The molecule has 1 aromatic rings. The van der Waals surface area contributed by atoms with Crippen LogP contribution < -0.4 is 0 Å². The first kappa shape index (κ1) is 19.2. The number of piperidine rings is 1. The Morgan fingerprint density at radius 3 is 2.62 bits per heavy atom. The maximum atomic E-state index is 12.8. The Hall–Kier alpha value is -1.11. The summed E-state index contributed by atoms with van der Waals surface area (Å²) in [5.74, 6) is 1.25. The van der Waals surface area contributed by atoms with Gasteiger partial charge >= 0.3 is 0 Å². The topological polar surface area (TPSA) is 38.8 Å². The summed E-state index contributed by atoms with van der Waals surface area (Å²) in [7, 11) is 1.67. The van der Waals surface area contributed by atoms with Crippen molar-refractivity contribution in [1.82, 2.24) is 4.90 Å². The van der Waals surface area contributed by atoms with Gasteiger partial charge in [0.25, 0.3) is 0 Å². The van der Waals surface area contributed by atoms with E-state index in [9.17, 15) is 9.18 Å². The summed E-state index contributed by atoms with van der Waals surface area (Å²) in [6.07, 6.45) is 2.53. The number of carbonyl (C=O) groups excluding carboxylic acids is 1. The number of nitrogens with zero attached hydrogens (tertiary/aromatic N) is 1. The van der Waals surface area contributed by atoms with Crippen molar-refractivity contribution in [2.45, 2.75) is 24.2 Å². The molecule has 1 aromatic carbocycles. The van der Waals surface area contributed by atoms with Gasteiger partial charge in [0.05, 0.1) is 13.2 Å². The van der Waals surface area contributed by atoms with E-state index in [1.54, 1.807) is 31.0 Å². The summed E-state index contributed by atoms with van der Waals surface area (Å²) in [5.41, 5.74) is 0. The molecular formula is C18H26FNO3S. The number of hydrogen-bond acceptors (Lipinski definition) is 4. The van der Waals surface area contributed by atoms with Crippen LogP contribution in [0.25, 0.3) is 0 Å². The second kappa shape index (κ2) is 10.7. The van der Waals surface area contributed by atoms with E-state index in [2.05, 4.69) is 0 Å². The van der Waals surface area contributed by atoms with Crippen LogP contribution in [0.1, 0.15) is 19.3 Å². The Bertz CT molecular complexity index is 490. The molecule has 1 saturated heterocycles. The molecule has 1 fully saturated rings. The van der Waals surface area contributed by atoms with E-state index >= 15 is 0 Å². The zero-order chi connectivity index (χ0) is 17.2. The lowest BCUT2D eigenvalue weighted by atomic mass is 9.97. The lowest BCUT2D eigenvalue weighted by Gasteiger charge is -2.32. The average Bonchev–Trinajstić information content (AvgIpc) is 2.61. The molecule has 0 spiro atoms. The van der Waals surface area contributed by atoms with E-state index < -0.39 is 0 Å². The van der Waals surface area contributed by atoms with Crippen molar-refractivity contribution in [3.05, 3.63) is 30.1 Å². The average molecular weight is 355 g/mol. The molecule has 1 aliphatic rings. The van der Waals surface area contributed by atoms with Crippen LogP contribution in [-0.4, -0.2) is 56.6 Å². The first-order valence-corrected chi connectivity index (χ1v) is 9.40. The van der Waals surface area contributed by atoms with Crippen LogP contribution in [0.2, 0.25) is 0 Å². The van der Waals surface area contributed by atoms with Crippen LogP contribution in [0.15, 0.2) is 29.2 Å². The molecule has 4 nitrogen and oxygen atoms in total. The molecule has 0 saturated carbocycles. The maximum absolute atomic E-state index is 12.8. The SMILES string of the molecule is COCCOCC1CCN(C(=O)CCSc2ccc(F)cc2)CC1. The number of benzene rings is 1. The summed E-state index contributed by atoms with van der Waals surface area (Å²) in [5, 5.41) is 0. The minimum Gasteiger partial charge on any atom is -0.382 e. The van der Waals surface area contributed by atoms with Crippen LogP contribution in [0.3, 0.4) is 0 Å². The standard InChI is InChI=1S/C18H26FNO3S/c1-22-11-12-23-14-15-6-9-20(10-7-15)18(21)8-13-24-17-4-2-16(19)3-5-17/h2-5,15H,6-14H2,1H3. The molecule has 0 aromatic heterocycles. The molecule has 0 bridgehead atoms. The van der Waals surface area contributed by atoms with Crippen molar-refractivity contribution in [3.8, 4) is 0 Å². The summed E-state index contributed by atoms with van der Waals surface area (Å²) in [6, 6.07) is 6.40. The molecule has 0 atom stereocenters. The van der Waals surface area contributed by atoms with Crippen LogP contribution in [0, 0.1) is 11.7 Å². The molecule has 1 aliphatic heterocycles. The molecule has 6 heteroatoms. The molecule has 0 unspecified atom stereocenters. The highest BCUT2D eigenvalue weighted by Crippen LogP contribution is 2.21. The smallest absolute Gasteiger partial charge is 0.223 e. The predicted molar refractivity (Wildman–Crippen MR) is 93.7 cm³/mol. The minimum absolute atomic E-state index is 0.211. The van der Waals surface area contributed by atoms with Crippen LogP contribution in [0.5, 0.6) is 0 Å². The Morgan fingerprint density at radius 2 is 1.96 bits per heavy atom. The number of carbonyl (C=O) groups is 1. The van der Waals surface area contributed by atoms with Gasteiger partial charge in [-0.1, -0.05) is 0 Å². The van der Waals surface area contributed by atoms with E-state index in [-0.39, 0.29) is 11.7 Å². The first-order valence-electron chi connectivity index (χ1n) is 8.42. The number of methoxy groups -OCH3 is 1. The van der Waals surface area contributed by atoms with Gasteiger partial charge in [-0.05, 0) is 43.0 Å². The largest absolute Gasteiger partial charge is 0.382 e. The highest BCUT2D eigenvalue weighted by Gasteiger charge is 2.22. The summed E-state index contributed by atoms with van der Waals surface area (Å²) >= 11 is 1.59. The molecule has 2 rings (SSSR count). The molecule has 0 aliphatic carbocycles. The van der Waals surface area contributed by atoms with E-state index in [0.717, 1.165) is 43.2 Å². The summed E-state index contributed by atoms with van der Waals surface area (Å²) in [6.45, 7) is 3.65. The Balaban J connectivity index is 1.59. The van der Waals surface area contributed by atoms with Crippen molar-refractivity contribution in [3.63, 3.8) is 0 Å². The van der Waals surface area contributed by atoms with Gasteiger partial charge in [0.15, 0.2) is 0 Å². The minimum atomic E-state index is -0.232. The molecule has 0 N–H and O–H groups in total. The normalized spacial score (nSPS) is 15.7. The first-order chi connectivity index (χ1) is 11.7. The number of hydrogen-bond donors (Lipinski definition) is 0. The predicted octanol–water partition coefficient (Wildman–Crippen LogP) is 3.21. The molecular weight excluding hydrogens is 329 g/mol. The van der Waals surface area contributed by atoms with Crippen molar-refractivity contribution in [2.24, 2.45) is 5.92 Å². The third kappa shape index (κ3) is 6.79. The molecule has 134 valence electrons. The van der Waals surface area contributed by atoms with E-state index in [1.807, 2.05) is 4.90 Å². The van der Waals surface area contributed by atoms with Gasteiger partial charge in [-0.25, -0.2) is 4.39 Å². The number of thioether (sulfide) groups is 1. The lowest BCUT2D eigenvalue weighted by molar-refractivity contribution is -0.132. The fourth-order valence-electron chi connectivity index (χ4n) is 2.69. The number of ether oxygens (including phenoxy) is 2. The fraction of sp³-hybridized carbons (Fsp3) is 0.611. The Labute approximate surface area is 147 Å². The Kier molecular flexibility index (Phi) is 8.56. The van der Waals surface area contributed by atoms with E-state index in [0.29, 0.717) is 25.6 Å². The molecule has 0 radical (unpaired) electrons. The third-order valence-electron chi connectivity index (χ3n) is 4.15. The number of likely N-dealkylation sites (tertiary alicyclic amines) is 1. The van der Waals surface area contributed by atoms with Crippen LogP contribution in [-0.2, 0) is 14.3 Å². The molecule has 1 amide bonds. The zero-order valence-electron chi connectivity index (χ0n) is 14.2. The number of amides is 1. The van der Waals surface area contributed by atoms with Gasteiger partial charge in [-0.3, -0.25) is 4.79 Å². The lowest BCUT2D eigenvalue weighted by Crippen LogP contribution is -2.39. The van der Waals surface area contributed by atoms with Gasteiger partial charge in [-0.15, -0.1) is 11.8 Å². The number of rotatable bonds is 9. The van der Waals surface area contributed by atoms with Gasteiger partial charge in [0, 0.05) is 43.9 Å². The monoisotopic (exact) mass is 355 g/mol. The van der Waals surface area contributed by atoms with E-state index in [1.165, 1.54) is 12.1 Å².